The molecule has 0 aliphatic carbocycles. The highest BCUT2D eigenvalue weighted by Gasteiger charge is 2.38. The molecular weight excluding hydrogens is 306 g/mol. The normalized spacial score (nSPS) is 21.3. The highest BCUT2D eigenvalue weighted by Crippen LogP contribution is 2.34. The first-order chi connectivity index (χ1) is 11.2. The summed E-state index contributed by atoms with van der Waals surface area (Å²) < 4.78 is 10.4. The van der Waals surface area contributed by atoms with Gasteiger partial charge in [0, 0.05) is 19.0 Å². The predicted octanol–water partition coefficient (Wildman–Crippen LogP) is 3.51. The number of piperidine rings is 1. The van der Waals surface area contributed by atoms with Gasteiger partial charge in [-0.1, -0.05) is 29.8 Å². The largest absolute Gasteiger partial charge is 0.469 e. The van der Waals surface area contributed by atoms with E-state index in [0.717, 1.165) is 5.56 Å². The minimum absolute atomic E-state index is 0.0525. The summed E-state index contributed by atoms with van der Waals surface area (Å²) in [5, 5.41) is 0. The zero-order valence-corrected chi connectivity index (χ0v) is 15.2. The van der Waals surface area contributed by atoms with Crippen molar-refractivity contribution in [1.29, 1.82) is 0 Å². The van der Waals surface area contributed by atoms with E-state index in [-0.39, 0.29) is 23.9 Å². The molecule has 1 saturated heterocycles. The van der Waals surface area contributed by atoms with Gasteiger partial charge in [-0.3, -0.25) is 4.79 Å². The first-order valence-electron chi connectivity index (χ1n) is 8.33. The Labute approximate surface area is 143 Å². The Morgan fingerprint density at radius 3 is 2.33 bits per heavy atom. The molecule has 5 heteroatoms. The van der Waals surface area contributed by atoms with Crippen LogP contribution in [0.15, 0.2) is 24.3 Å². The van der Waals surface area contributed by atoms with Crippen LogP contribution in [0.1, 0.15) is 44.2 Å². The maximum absolute atomic E-state index is 12.3. The monoisotopic (exact) mass is 333 g/mol. The van der Waals surface area contributed by atoms with Gasteiger partial charge in [0.1, 0.15) is 5.60 Å². The molecule has 1 amide bonds. The molecule has 0 spiro atoms. The van der Waals surface area contributed by atoms with E-state index in [1.807, 2.05) is 39.8 Å². The van der Waals surface area contributed by atoms with Crippen LogP contribution in [0.2, 0.25) is 0 Å². The Balaban J connectivity index is 2.17. The van der Waals surface area contributed by atoms with Gasteiger partial charge in [0.15, 0.2) is 0 Å². The Kier molecular flexibility index (Phi) is 5.52. The van der Waals surface area contributed by atoms with Crippen LogP contribution < -0.4 is 0 Å². The van der Waals surface area contributed by atoms with Crippen molar-refractivity contribution < 1.29 is 19.1 Å². The lowest BCUT2D eigenvalue weighted by Crippen LogP contribution is -2.47. The first-order valence-corrected chi connectivity index (χ1v) is 8.33. The van der Waals surface area contributed by atoms with Crippen molar-refractivity contribution in [3.63, 3.8) is 0 Å². The van der Waals surface area contributed by atoms with Crippen LogP contribution in [0.4, 0.5) is 4.79 Å². The fourth-order valence-corrected chi connectivity index (χ4v) is 3.05. The molecule has 0 N–H and O–H groups in total. The maximum Gasteiger partial charge on any atom is 0.410 e. The third-order valence-corrected chi connectivity index (χ3v) is 4.27. The lowest BCUT2D eigenvalue weighted by atomic mass is 9.80. The number of methoxy groups -OCH3 is 1. The van der Waals surface area contributed by atoms with Crippen LogP contribution in [0.5, 0.6) is 0 Å². The Morgan fingerprint density at radius 2 is 1.79 bits per heavy atom. The Hall–Kier alpha value is -2.04. The number of rotatable bonds is 2. The standard InChI is InChI=1S/C19H27NO4/c1-13-6-8-14(9-7-13)15-10-11-20(12-16(15)17(21)23-5)18(22)24-19(2,3)4/h6-9,15-16H,10-12H2,1-5H3. The second kappa shape index (κ2) is 7.24. The van der Waals surface area contributed by atoms with Crippen LogP contribution in [-0.4, -0.2) is 42.8 Å². The number of esters is 1. The first kappa shape index (κ1) is 18.3. The van der Waals surface area contributed by atoms with Gasteiger partial charge in [0.25, 0.3) is 0 Å². The van der Waals surface area contributed by atoms with Gasteiger partial charge in [0.2, 0.25) is 0 Å². The van der Waals surface area contributed by atoms with Crippen molar-refractivity contribution in [3.8, 4) is 0 Å². The Morgan fingerprint density at radius 1 is 1.17 bits per heavy atom. The smallest absolute Gasteiger partial charge is 0.410 e. The number of aryl methyl sites for hydroxylation is 1. The van der Waals surface area contributed by atoms with Gasteiger partial charge in [-0.25, -0.2) is 4.79 Å². The van der Waals surface area contributed by atoms with E-state index >= 15 is 0 Å². The SMILES string of the molecule is COC(=O)C1CN(C(=O)OC(C)(C)C)CCC1c1ccc(C)cc1. The van der Waals surface area contributed by atoms with Crippen molar-refractivity contribution in [2.45, 2.75) is 45.6 Å². The highest BCUT2D eigenvalue weighted by atomic mass is 16.6. The lowest BCUT2D eigenvalue weighted by molar-refractivity contribution is -0.148. The van der Waals surface area contributed by atoms with Gasteiger partial charge < -0.3 is 14.4 Å². The average molecular weight is 333 g/mol. The summed E-state index contributed by atoms with van der Waals surface area (Å²) in [6, 6.07) is 8.20. The fourth-order valence-electron chi connectivity index (χ4n) is 3.05. The molecule has 0 bridgehead atoms. The summed E-state index contributed by atoms with van der Waals surface area (Å²) >= 11 is 0. The molecule has 1 aliphatic heterocycles. The van der Waals surface area contributed by atoms with Gasteiger partial charge in [-0.2, -0.15) is 0 Å². The van der Waals surface area contributed by atoms with Crippen LogP contribution in [0, 0.1) is 12.8 Å². The summed E-state index contributed by atoms with van der Waals surface area (Å²) in [7, 11) is 1.39. The average Bonchev–Trinajstić information content (AvgIpc) is 2.52. The molecule has 1 heterocycles. The topological polar surface area (TPSA) is 55.8 Å². The van der Waals surface area contributed by atoms with Crippen LogP contribution in [-0.2, 0) is 14.3 Å². The zero-order chi connectivity index (χ0) is 17.9. The van der Waals surface area contributed by atoms with Gasteiger partial charge >= 0.3 is 12.1 Å². The summed E-state index contributed by atoms with van der Waals surface area (Å²) in [5.74, 6) is -0.607. The van der Waals surface area contributed by atoms with Gasteiger partial charge in [0.05, 0.1) is 13.0 Å². The summed E-state index contributed by atoms with van der Waals surface area (Å²) in [4.78, 5) is 26.2. The van der Waals surface area contributed by atoms with E-state index in [2.05, 4.69) is 12.1 Å². The number of hydrogen-bond acceptors (Lipinski definition) is 4. The number of ether oxygens (including phenoxy) is 2. The van der Waals surface area contributed by atoms with Crippen molar-refractivity contribution in [3.05, 3.63) is 35.4 Å². The van der Waals surface area contributed by atoms with E-state index < -0.39 is 5.60 Å². The second-order valence-electron chi connectivity index (χ2n) is 7.36. The van der Waals surface area contributed by atoms with Gasteiger partial charge in [-0.05, 0) is 39.7 Å². The molecule has 0 radical (unpaired) electrons. The molecule has 1 aromatic rings. The van der Waals surface area contributed by atoms with Crippen LogP contribution in [0.3, 0.4) is 0 Å². The third kappa shape index (κ3) is 4.49. The zero-order valence-electron chi connectivity index (χ0n) is 15.2. The molecule has 2 unspecified atom stereocenters. The van der Waals surface area contributed by atoms with E-state index in [9.17, 15) is 9.59 Å². The summed E-state index contributed by atoms with van der Waals surface area (Å²) in [5.41, 5.74) is 1.74. The minimum Gasteiger partial charge on any atom is -0.469 e. The van der Waals surface area contributed by atoms with Crippen molar-refractivity contribution in [2.24, 2.45) is 5.92 Å². The molecule has 2 rings (SSSR count). The number of hydrogen-bond donors (Lipinski definition) is 0. The molecular formula is C19H27NO4. The third-order valence-electron chi connectivity index (χ3n) is 4.27. The quantitative estimate of drug-likeness (QED) is 0.777. The lowest BCUT2D eigenvalue weighted by Gasteiger charge is -2.38. The molecule has 0 saturated carbocycles. The molecule has 0 aromatic heterocycles. The summed E-state index contributed by atoms with van der Waals surface area (Å²) in [6.45, 7) is 8.43. The van der Waals surface area contributed by atoms with Crippen molar-refractivity contribution >= 4 is 12.1 Å². The molecule has 1 aliphatic rings. The number of likely N-dealkylation sites (tertiary alicyclic amines) is 1. The number of carbonyl (C=O) groups is 2. The van der Waals surface area contributed by atoms with E-state index in [1.165, 1.54) is 12.7 Å². The second-order valence-corrected chi connectivity index (χ2v) is 7.36. The molecule has 132 valence electrons. The summed E-state index contributed by atoms with van der Waals surface area (Å²) in [6.07, 6.45) is 0.334. The maximum atomic E-state index is 12.3. The molecule has 5 nitrogen and oxygen atoms in total. The number of benzene rings is 1. The van der Waals surface area contributed by atoms with Crippen molar-refractivity contribution in [1.82, 2.24) is 4.90 Å². The number of amides is 1. The van der Waals surface area contributed by atoms with E-state index in [1.54, 1.807) is 4.90 Å². The fraction of sp³-hybridized carbons (Fsp3) is 0.579. The van der Waals surface area contributed by atoms with Gasteiger partial charge in [-0.15, -0.1) is 0 Å². The van der Waals surface area contributed by atoms with Crippen LogP contribution in [0.25, 0.3) is 0 Å². The highest BCUT2D eigenvalue weighted by molar-refractivity contribution is 5.76. The molecule has 1 fully saturated rings. The molecule has 1 aromatic carbocycles. The molecule has 24 heavy (non-hydrogen) atoms. The Bertz CT molecular complexity index is 588. The van der Waals surface area contributed by atoms with E-state index in [0.29, 0.717) is 19.5 Å². The van der Waals surface area contributed by atoms with Crippen molar-refractivity contribution in [2.75, 3.05) is 20.2 Å². The van der Waals surface area contributed by atoms with Crippen LogP contribution >= 0.6 is 0 Å². The predicted molar refractivity (Wildman–Crippen MR) is 91.9 cm³/mol. The number of carbonyl (C=O) groups excluding carboxylic acids is 2. The minimum atomic E-state index is -0.550. The van der Waals surface area contributed by atoms with E-state index in [4.69, 9.17) is 9.47 Å². The number of nitrogens with zero attached hydrogens (tertiary/aromatic N) is 1. The molecule has 2 atom stereocenters.